The van der Waals surface area contributed by atoms with Crippen LogP contribution in [0.15, 0.2) is 22.7 Å². The number of carbonyl (C=O) groups excluding carboxylic acids is 1. The highest BCUT2D eigenvalue weighted by Crippen LogP contribution is 2.29. The Morgan fingerprint density at radius 1 is 1.30 bits per heavy atom. The minimum atomic E-state index is -0.328. The molecular formula is C16H21BrClN3OS. The SMILES string of the molecule is C[C@@H]1[C@H](C)CCC[C@@H]1NC(=S)NNC(=O)c1cc(Br)ccc1Cl. The molecule has 0 saturated heterocycles. The highest BCUT2D eigenvalue weighted by molar-refractivity contribution is 9.10. The summed E-state index contributed by atoms with van der Waals surface area (Å²) in [6.07, 6.45) is 3.56. The van der Waals surface area contributed by atoms with Crippen molar-refractivity contribution < 1.29 is 4.79 Å². The van der Waals surface area contributed by atoms with E-state index in [2.05, 4.69) is 45.9 Å². The fourth-order valence-electron chi connectivity index (χ4n) is 2.84. The van der Waals surface area contributed by atoms with Crippen molar-refractivity contribution in [2.45, 2.75) is 39.2 Å². The first-order chi connectivity index (χ1) is 10.9. The van der Waals surface area contributed by atoms with Gasteiger partial charge in [-0.1, -0.05) is 54.2 Å². The summed E-state index contributed by atoms with van der Waals surface area (Å²) in [5.74, 6) is 0.906. The quantitative estimate of drug-likeness (QED) is 0.501. The van der Waals surface area contributed by atoms with Gasteiger partial charge in [0.05, 0.1) is 10.6 Å². The molecule has 1 aliphatic carbocycles. The van der Waals surface area contributed by atoms with Gasteiger partial charge in [0.25, 0.3) is 5.91 Å². The van der Waals surface area contributed by atoms with Crippen molar-refractivity contribution in [1.29, 1.82) is 0 Å². The van der Waals surface area contributed by atoms with Crippen LogP contribution in [0.2, 0.25) is 5.02 Å². The zero-order valence-electron chi connectivity index (χ0n) is 13.2. The van der Waals surface area contributed by atoms with Gasteiger partial charge in [-0.3, -0.25) is 15.6 Å². The van der Waals surface area contributed by atoms with Crippen LogP contribution in [0.3, 0.4) is 0 Å². The second-order valence-corrected chi connectivity index (χ2v) is 7.78. The Hall–Kier alpha value is -0.850. The van der Waals surface area contributed by atoms with Crippen LogP contribution in [0.25, 0.3) is 0 Å². The van der Waals surface area contributed by atoms with Gasteiger partial charge < -0.3 is 5.32 Å². The van der Waals surface area contributed by atoms with Gasteiger partial charge in [0.2, 0.25) is 0 Å². The third-order valence-corrected chi connectivity index (χ3v) is 5.53. The molecule has 1 aromatic rings. The molecule has 4 nitrogen and oxygen atoms in total. The lowest BCUT2D eigenvalue weighted by Crippen LogP contribution is -2.52. The van der Waals surface area contributed by atoms with Gasteiger partial charge in [-0.25, -0.2) is 0 Å². The largest absolute Gasteiger partial charge is 0.358 e. The van der Waals surface area contributed by atoms with Crippen molar-refractivity contribution in [1.82, 2.24) is 16.2 Å². The van der Waals surface area contributed by atoms with E-state index in [9.17, 15) is 4.79 Å². The molecule has 0 unspecified atom stereocenters. The summed E-state index contributed by atoms with van der Waals surface area (Å²) >= 11 is 14.6. The molecule has 3 atom stereocenters. The second kappa shape index (κ2) is 8.31. The molecule has 0 aromatic heterocycles. The third-order valence-electron chi connectivity index (χ3n) is 4.49. The van der Waals surface area contributed by atoms with Crippen LogP contribution in [-0.2, 0) is 0 Å². The molecule has 0 spiro atoms. The predicted molar refractivity (Wildman–Crippen MR) is 101 cm³/mol. The molecule has 1 aliphatic rings. The van der Waals surface area contributed by atoms with Crippen molar-refractivity contribution in [2.75, 3.05) is 0 Å². The highest BCUT2D eigenvalue weighted by Gasteiger charge is 2.27. The minimum Gasteiger partial charge on any atom is -0.358 e. The first kappa shape index (κ1) is 18.5. The topological polar surface area (TPSA) is 53.2 Å². The van der Waals surface area contributed by atoms with Crippen molar-refractivity contribution in [3.63, 3.8) is 0 Å². The van der Waals surface area contributed by atoms with Crippen molar-refractivity contribution >= 4 is 50.8 Å². The molecule has 23 heavy (non-hydrogen) atoms. The maximum absolute atomic E-state index is 12.2. The number of amides is 1. The Morgan fingerprint density at radius 2 is 2.04 bits per heavy atom. The van der Waals surface area contributed by atoms with Crippen LogP contribution in [0.1, 0.15) is 43.5 Å². The van der Waals surface area contributed by atoms with Gasteiger partial charge in [-0.15, -0.1) is 0 Å². The maximum atomic E-state index is 12.2. The van der Waals surface area contributed by atoms with Crippen molar-refractivity contribution in [3.8, 4) is 0 Å². The molecule has 0 heterocycles. The number of hydrazine groups is 1. The average Bonchev–Trinajstić information content (AvgIpc) is 2.52. The van der Waals surface area contributed by atoms with Crippen LogP contribution in [0.4, 0.5) is 0 Å². The number of benzene rings is 1. The van der Waals surface area contributed by atoms with Crippen LogP contribution in [0.5, 0.6) is 0 Å². The minimum absolute atomic E-state index is 0.328. The number of hydrogen-bond donors (Lipinski definition) is 3. The Kier molecular flexibility index (Phi) is 6.68. The van der Waals surface area contributed by atoms with E-state index in [1.54, 1.807) is 18.2 Å². The second-order valence-electron chi connectivity index (χ2n) is 6.05. The van der Waals surface area contributed by atoms with Gasteiger partial charge in [-0.05, 0) is 48.7 Å². The van der Waals surface area contributed by atoms with Crippen LogP contribution < -0.4 is 16.2 Å². The number of carbonyl (C=O) groups is 1. The lowest BCUT2D eigenvalue weighted by Gasteiger charge is -2.35. The molecular weight excluding hydrogens is 398 g/mol. The number of thiocarbonyl (C=S) groups is 1. The van der Waals surface area contributed by atoms with Crippen molar-refractivity contribution in [2.24, 2.45) is 11.8 Å². The molecule has 2 rings (SSSR count). The van der Waals surface area contributed by atoms with E-state index in [0.29, 0.717) is 33.6 Å². The van der Waals surface area contributed by atoms with E-state index < -0.39 is 0 Å². The summed E-state index contributed by atoms with van der Waals surface area (Å²) in [5.41, 5.74) is 5.73. The van der Waals surface area contributed by atoms with Crippen LogP contribution >= 0.6 is 39.7 Å². The Labute approximate surface area is 155 Å². The average molecular weight is 419 g/mol. The number of halogens is 2. The van der Waals surface area contributed by atoms with Gasteiger partial charge in [0, 0.05) is 10.5 Å². The van der Waals surface area contributed by atoms with Gasteiger partial charge in [0.15, 0.2) is 5.11 Å². The maximum Gasteiger partial charge on any atom is 0.271 e. The summed E-state index contributed by atoms with van der Waals surface area (Å²) in [6.45, 7) is 4.51. The molecule has 7 heteroatoms. The fourth-order valence-corrected chi connectivity index (χ4v) is 3.61. The summed E-state index contributed by atoms with van der Waals surface area (Å²) in [7, 11) is 0. The number of rotatable bonds is 2. The zero-order valence-corrected chi connectivity index (χ0v) is 16.3. The molecule has 1 saturated carbocycles. The molecule has 0 bridgehead atoms. The standard InChI is InChI=1S/C16H21BrClN3OS/c1-9-4-3-5-14(10(9)2)19-16(23)21-20-15(22)12-8-11(17)6-7-13(12)18/h6-10,14H,3-5H2,1-2H3,(H,20,22)(H2,19,21,23)/t9-,10-,14+/m1/s1. The monoisotopic (exact) mass is 417 g/mol. The number of nitrogens with one attached hydrogen (secondary N) is 3. The Balaban J connectivity index is 1.86. The molecule has 0 aliphatic heterocycles. The lowest BCUT2D eigenvalue weighted by molar-refractivity contribution is 0.0943. The highest BCUT2D eigenvalue weighted by atomic mass is 79.9. The molecule has 1 amide bonds. The van der Waals surface area contributed by atoms with E-state index in [1.165, 1.54) is 12.8 Å². The van der Waals surface area contributed by atoms with E-state index in [-0.39, 0.29) is 5.91 Å². The molecule has 1 fully saturated rings. The molecule has 3 N–H and O–H groups in total. The van der Waals surface area contributed by atoms with E-state index >= 15 is 0 Å². The van der Waals surface area contributed by atoms with Gasteiger partial charge >= 0.3 is 0 Å². The number of hydrogen-bond acceptors (Lipinski definition) is 2. The van der Waals surface area contributed by atoms with Crippen LogP contribution in [-0.4, -0.2) is 17.1 Å². The van der Waals surface area contributed by atoms with E-state index in [4.69, 9.17) is 23.8 Å². The lowest BCUT2D eigenvalue weighted by atomic mass is 9.78. The van der Waals surface area contributed by atoms with E-state index in [0.717, 1.165) is 10.9 Å². The summed E-state index contributed by atoms with van der Waals surface area (Å²) < 4.78 is 0.790. The molecule has 1 aromatic carbocycles. The predicted octanol–water partition coefficient (Wildman–Crippen LogP) is 4.04. The third kappa shape index (κ3) is 5.06. The molecule has 126 valence electrons. The first-order valence-electron chi connectivity index (χ1n) is 7.70. The summed E-state index contributed by atoms with van der Waals surface area (Å²) in [5, 5.41) is 4.11. The summed E-state index contributed by atoms with van der Waals surface area (Å²) in [4.78, 5) is 12.2. The van der Waals surface area contributed by atoms with Crippen molar-refractivity contribution in [3.05, 3.63) is 33.3 Å². The summed E-state index contributed by atoms with van der Waals surface area (Å²) in [6, 6.07) is 5.46. The first-order valence-corrected chi connectivity index (χ1v) is 9.28. The van der Waals surface area contributed by atoms with Gasteiger partial charge in [0.1, 0.15) is 0 Å². The van der Waals surface area contributed by atoms with Crippen LogP contribution in [0, 0.1) is 11.8 Å². The Morgan fingerprint density at radius 3 is 2.78 bits per heavy atom. The van der Waals surface area contributed by atoms with E-state index in [1.807, 2.05) is 0 Å². The molecule has 0 radical (unpaired) electrons. The smallest absolute Gasteiger partial charge is 0.271 e. The Bertz CT molecular complexity index is 599. The fraction of sp³-hybridized carbons (Fsp3) is 0.500. The van der Waals surface area contributed by atoms with Gasteiger partial charge in [-0.2, -0.15) is 0 Å². The zero-order chi connectivity index (χ0) is 17.0. The normalized spacial score (nSPS) is 23.9.